The monoisotopic (exact) mass is 459 g/mol. The summed E-state index contributed by atoms with van der Waals surface area (Å²) in [4.78, 5) is 47.2. The van der Waals surface area contributed by atoms with E-state index in [1.54, 1.807) is 14.8 Å². The SMILES string of the molecule is CC(C)(C)OC(=O)N1CCN(NC(=O)[C@@H]2CC[C@@H]3CN2C(=O)N3OCc2ccccc2)CC1. The van der Waals surface area contributed by atoms with E-state index in [0.29, 0.717) is 52.2 Å². The van der Waals surface area contributed by atoms with Gasteiger partial charge in [0.15, 0.2) is 0 Å². The van der Waals surface area contributed by atoms with Crippen molar-refractivity contribution >= 4 is 18.0 Å². The Morgan fingerprint density at radius 3 is 2.42 bits per heavy atom. The Bertz CT molecular complexity index is 866. The maximum absolute atomic E-state index is 13.0. The van der Waals surface area contributed by atoms with Crippen molar-refractivity contribution in [2.75, 3.05) is 32.7 Å². The van der Waals surface area contributed by atoms with Gasteiger partial charge in [-0.05, 0) is 39.2 Å². The molecule has 10 heteroatoms. The highest BCUT2D eigenvalue weighted by atomic mass is 16.7. The molecule has 3 aliphatic heterocycles. The lowest BCUT2D eigenvalue weighted by molar-refractivity contribution is -0.140. The number of rotatable bonds is 5. The molecule has 3 saturated heterocycles. The molecule has 1 aromatic carbocycles. The number of hydrogen-bond donors (Lipinski definition) is 1. The van der Waals surface area contributed by atoms with Crippen LogP contribution in [0.15, 0.2) is 30.3 Å². The number of hydroxylamine groups is 2. The first-order valence-corrected chi connectivity index (χ1v) is 11.5. The predicted octanol–water partition coefficient (Wildman–Crippen LogP) is 1.97. The van der Waals surface area contributed by atoms with Crippen LogP contribution in [0.3, 0.4) is 0 Å². The maximum Gasteiger partial charge on any atom is 0.410 e. The van der Waals surface area contributed by atoms with Gasteiger partial charge in [0.2, 0.25) is 0 Å². The number of piperidine rings is 1. The number of fused-ring (bicyclic) bond motifs is 2. The first-order chi connectivity index (χ1) is 15.7. The van der Waals surface area contributed by atoms with Gasteiger partial charge in [0.1, 0.15) is 18.2 Å². The van der Waals surface area contributed by atoms with Crippen LogP contribution in [0.2, 0.25) is 0 Å². The molecule has 2 bridgehead atoms. The number of benzene rings is 1. The maximum atomic E-state index is 13.0. The van der Waals surface area contributed by atoms with Gasteiger partial charge < -0.3 is 14.5 Å². The van der Waals surface area contributed by atoms with Crippen LogP contribution in [0.1, 0.15) is 39.2 Å². The summed E-state index contributed by atoms with van der Waals surface area (Å²) in [5, 5.41) is 3.24. The minimum atomic E-state index is -0.539. The number of hydrogen-bond acceptors (Lipinski definition) is 6. The van der Waals surface area contributed by atoms with Gasteiger partial charge in [0.25, 0.3) is 5.91 Å². The number of piperazine rings is 1. The Labute approximate surface area is 194 Å². The molecule has 0 radical (unpaired) electrons. The van der Waals surface area contributed by atoms with Crippen LogP contribution >= 0.6 is 0 Å². The summed E-state index contributed by atoms with van der Waals surface area (Å²) in [5.41, 5.74) is 3.38. The lowest BCUT2D eigenvalue weighted by Gasteiger charge is -2.37. The van der Waals surface area contributed by atoms with E-state index in [1.807, 2.05) is 51.1 Å². The topological polar surface area (TPSA) is 94.7 Å². The summed E-state index contributed by atoms with van der Waals surface area (Å²) in [6.07, 6.45) is 0.956. The molecule has 3 heterocycles. The van der Waals surface area contributed by atoms with E-state index >= 15 is 0 Å². The van der Waals surface area contributed by atoms with Gasteiger partial charge in [-0.2, -0.15) is 5.06 Å². The van der Waals surface area contributed by atoms with Gasteiger partial charge in [-0.15, -0.1) is 0 Å². The minimum Gasteiger partial charge on any atom is -0.444 e. The third kappa shape index (κ3) is 5.56. The summed E-state index contributed by atoms with van der Waals surface area (Å²) in [5.74, 6) is -0.197. The van der Waals surface area contributed by atoms with E-state index in [-0.39, 0.29) is 24.1 Å². The molecule has 1 N–H and O–H groups in total. The first kappa shape index (κ1) is 23.3. The Morgan fingerprint density at radius 1 is 1.06 bits per heavy atom. The molecular weight excluding hydrogens is 426 g/mol. The van der Waals surface area contributed by atoms with E-state index in [0.717, 1.165) is 5.56 Å². The summed E-state index contributed by atoms with van der Waals surface area (Å²) in [7, 11) is 0. The van der Waals surface area contributed by atoms with Gasteiger partial charge in [-0.3, -0.25) is 15.1 Å². The number of carbonyl (C=O) groups excluding carboxylic acids is 3. The first-order valence-electron chi connectivity index (χ1n) is 11.5. The Morgan fingerprint density at radius 2 is 1.76 bits per heavy atom. The largest absolute Gasteiger partial charge is 0.444 e. The number of amides is 4. The number of hydrazine groups is 1. The van der Waals surface area contributed by atoms with Crippen LogP contribution in [-0.2, 0) is 21.0 Å². The quantitative estimate of drug-likeness (QED) is 0.724. The van der Waals surface area contributed by atoms with E-state index in [2.05, 4.69) is 5.43 Å². The summed E-state index contributed by atoms with van der Waals surface area (Å²) in [6.45, 7) is 8.24. The number of urea groups is 1. The number of nitrogens with one attached hydrogen (secondary N) is 1. The molecule has 4 amide bonds. The molecule has 3 aliphatic rings. The van der Waals surface area contributed by atoms with E-state index in [4.69, 9.17) is 9.57 Å². The highest BCUT2D eigenvalue weighted by Gasteiger charge is 2.48. The molecule has 1 aromatic rings. The molecular formula is C23H33N5O5. The van der Waals surface area contributed by atoms with Crippen molar-refractivity contribution in [2.24, 2.45) is 0 Å². The smallest absolute Gasteiger partial charge is 0.410 e. The fraction of sp³-hybridized carbons (Fsp3) is 0.609. The van der Waals surface area contributed by atoms with Crippen LogP contribution in [0.5, 0.6) is 0 Å². The van der Waals surface area contributed by atoms with E-state index in [9.17, 15) is 14.4 Å². The summed E-state index contributed by atoms with van der Waals surface area (Å²) in [6, 6.07) is 8.87. The third-order valence-corrected chi connectivity index (χ3v) is 6.04. The van der Waals surface area contributed by atoms with Crippen LogP contribution in [0.25, 0.3) is 0 Å². The standard InChI is InChI=1S/C23H33N5O5/c1-23(2,3)33-22(31)25-11-13-26(14-12-25)24-20(29)19-10-9-18-15-27(19)21(30)28(18)32-16-17-7-5-4-6-8-17/h4-8,18-19H,9-16H2,1-3H3,(H,24,29)/t18-,19+/m1/s1. The second-order valence-electron chi connectivity index (χ2n) is 9.70. The molecule has 0 aromatic heterocycles. The molecule has 10 nitrogen and oxygen atoms in total. The number of nitrogens with zero attached hydrogens (tertiary/aromatic N) is 4. The average Bonchev–Trinajstić information content (AvgIpc) is 3.01. The fourth-order valence-corrected chi connectivity index (χ4v) is 4.35. The van der Waals surface area contributed by atoms with Crippen molar-refractivity contribution in [3.8, 4) is 0 Å². The molecule has 0 spiro atoms. The molecule has 4 rings (SSSR count). The van der Waals surface area contributed by atoms with Crippen LogP contribution < -0.4 is 5.43 Å². The molecule has 33 heavy (non-hydrogen) atoms. The summed E-state index contributed by atoms with van der Waals surface area (Å²) >= 11 is 0. The second-order valence-corrected chi connectivity index (χ2v) is 9.70. The zero-order valence-corrected chi connectivity index (χ0v) is 19.5. The van der Waals surface area contributed by atoms with Crippen molar-refractivity contribution in [1.29, 1.82) is 0 Å². The fourth-order valence-electron chi connectivity index (χ4n) is 4.35. The highest BCUT2D eigenvalue weighted by molar-refractivity contribution is 5.88. The van der Waals surface area contributed by atoms with E-state index < -0.39 is 11.6 Å². The third-order valence-electron chi connectivity index (χ3n) is 6.04. The zero-order chi connectivity index (χ0) is 23.6. The van der Waals surface area contributed by atoms with Crippen LogP contribution in [-0.4, -0.2) is 88.3 Å². The van der Waals surface area contributed by atoms with Crippen molar-refractivity contribution in [1.82, 2.24) is 25.3 Å². The summed E-state index contributed by atoms with van der Waals surface area (Å²) < 4.78 is 5.41. The van der Waals surface area contributed by atoms with E-state index in [1.165, 1.54) is 5.06 Å². The van der Waals surface area contributed by atoms with Crippen molar-refractivity contribution in [3.63, 3.8) is 0 Å². The van der Waals surface area contributed by atoms with Gasteiger partial charge >= 0.3 is 12.1 Å². The van der Waals surface area contributed by atoms with Gasteiger partial charge in [-0.1, -0.05) is 30.3 Å². The van der Waals surface area contributed by atoms with Crippen LogP contribution in [0, 0.1) is 0 Å². The molecule has 0 unspecified atom stereocenters. The Balaban J connectivity index is 1.26. The van der Waals surface area contributed by atoms with Crippen molar-refractivity contribution in [3.05, 3.63) is 35.9 Å². The van der Waals surface area contributed by atoms with Gasteiger partial charge in [0, 0.05) is 32.7 Å². The molecule has 3 fully saturated rings. The molecule has 0 saturated carbocycles. The van der Waals surface area contributed by atoms with Crippen molar-refractivity contribution in [2.45, 2.75) is 57.9 Å². The minimum absolute atomic E-state index is 0.0392. The van der Waals surface area contributed by atoms with Crippen LogP contribution in [0.4, 0.5) is 9.59 Å². The molecule has 0 aliphatic carbocycles. The second kappa shape index (κ2) is 9.56. The Hall–Kier alpha value is -2.85. The zero-order valence-electron chi connectivity index (χ0n) is 19.5. The van der Waals surface area contributed by atoms with Gasteiger partial charge in [-0.25, -0.2) is 14.6 Å². The predicted molar refractivity (Wildman–Crippen MR) is 120 cm³/mol. The number of carbonyl (C=O) groups is 3. The Kier molecular flexibility index (Phi) is 6.76. The lowest BCUT2D eigenvalue weighted by atomic mass is 10.0. The lowest BCUT2D eigenvalue weighted by Crippen LogP contribution is -2.59. The molecule has 180 valence electrons. The average molecular weight is 460 g/mol. The van der Waals surface area contributed by atoms with Gasteiger partial charge in [0.05, 0.1) is 6.04 Å². The van der Waals surface area contributed by atoms with Crippen molar-refractivity contribution < 1.29 is 24.0 Å². The number of ether oxygens (including phenoxy) is 1. The normalized spacial score (nSPS) is 23.6. The molecule has 2 atom stereocenters. The highest BCUT2D eigenvalue weighted by Crippen LogP contribution is 2.30.